The van der Waals surface area contributed by atoms with E-state index < -0.39 is 15.8 Å². The molecule has 3 aromatic rings. The lowest BCUT2D eigenvalue weighted by molar-refractivity contribution is 0.144. The Kier molecular flexibility index (Phi) is 6.42. The summed E-state index contributed by atoms with van der Waals surface area (Å²) in [5.74, 6) is 0.832. The molecule has 2 heterocycles. The molecule has 8 nitrogen and oxygen atoms in total. The molecule has 1 saturated heterocycles. The fourth-order valence-corrected chi connectivity index (χ4v) is 5.36. The topological polar surface area (TPSA) is 72.6 Å². The Balaban J connectivity index is 1.48. The molecule has 2 aromatic carbocycles. The van der Waals surface area contributed by atoms with Crippen LogP contribution in [0.25, 0.3) is 11.4 Å². The van der Waals surface area contributed by atoms with Gasteiger partial charge in [0.1, 0.15) is 11.6 Å². The Labute approximate surface area is 191 Å². The average Bonchev–Trinajstić information content (AvgIpc) is 3.07. The number of hydrogen-bond acceptors (Lipinski definition) is 6. The third kappa shape index (κ3) is 4.33. The molecule has 32 heavy (non-hydrogen) atoms. The van der Waals surface area contributed by atoms with Crippen LogP contribution in [0, 0.1) is 10.6 Å². The molecule has 0 bridgehead atoms. The molecule has 1 aliphatic rings. The number of rotatable bonds is 6. The van der Waals surface area contributed by atoms with Gasteiger partial charge in [0.15, 0.2) is 10.6 Å². The van der Waals surface area contributed by atoms with Gasteiger partial charge in [-0.1, -0.05) is 18.2 Å². The summed E-state index contributed by atoms with van der Waals surface area (Å²) in [6, 6.07) is 12.7. The van der Waals surface area contributed by atoms with E-state index in [1.165, 1.54) is 22.5 Å². The molecule has 0 saturated carbocycles. The van der Waals surface area contributed by atoms with Gasteiger partial charge in [0.05, 0.1) is 24.2 Å². The van der Waals surface area contributed by atoms with Crippen molar-refractivity contribution >= 4 is 22.2 Å². The average molecular weight is 478 g/mol. The van der Waals surface area contributed by atoms with Crippen molar-refractivity contribution in [2.24, 2.45) is 7.05 Å². The van der Waals surface area contributed by atoms with E-state index in [1.54, 1.807) is 11.8 Å². The maximum atomic E-state index is 13.5. The molecule has 0 aliphatic carbocycles. The van der Waals surface area contributed by atoms with Crippen molar-refractivity contribution in [2.45, 2.75) is 11.6 Å². The highest BCUT2D eigenvalue weighted by atomic mass is 32.2. The number of nitrogens with zero attached hydrogens (tertiary/aromatic N) is 5. The first-order chi connectivity index (χ1) is 15.3. The number of methoxy groups -OCH3 is 1. The van der Waals surface area contributed by atoms with E-state index in [1.807, 2.05) is 35.9 Å². The molecule has 11 heteroatoms. The molecule has 0 amide bonds. The fourth-order valence-electron chi connectivity index (χ4n) is 3.72. The summed E-state index contributed by atoms with van der Waals surface area (Å²) in [4.78, 5) is 2.06. The molecule has 0 spiro atoms. The molecule has 1 aliphatic heterocycles. The van der Waals surface area contributed by atoms with Crippen LogP contribution < -0.4 is 4.74 Å². The van der Waals surface area contributed by atoms with Crippen LogP contribution in [0.5, 0.6) is 5.75 Å². The van der Waals surface area contributed by atoms with Crippen LogP contribution in [-0.2, 0) is 23.7 Å². The molecule has 0 N–H and O–H groups in total. The fraction of sp³-hybridized carbons (Fsp3) is 0.333. The number of sulfonamides is 1. The molecule has 0 atom stereocenters. The van der Waals surface area contributed by atoms with Gasteiger partial charge in [0, 0.05) is 33.2 Å². The zero-order chi connectivity index (χ0) is 22.9. The third-order valence-electron chi connectivity index (χ3n) is 5.49. The minimum absolute atomic E-state index is 0.0284. The molecular formula is C21H24FN5O3S2. The summed E-state index contributed by atoms with van der Waals surface area (Å²) in [5, 5.41) is 4.69. The van der Waals surface area contributed by atoms with Gasteiger partial charge >= 0.3 is 0 Å². The number of aromatic nitrogens is 3. The quantitative estimate of drug-likeness (QED) is 0.509. The van der Waals surface area contributed by atoms with Crippen LogP contribution in [0.1, 0.15) is 0 Å². The third-order valence-corrected chi connectivity index (χ3v) is 7.87. The molecule has 170 valence electrons. The van der Waals surface area contributed by atoms with Crippen molar-refractivity contribution in [2.75, 3.05) is 33.3 Å². The van der Waals surface area contributed by atoms with Crippen LogP contribution in [0.4, 0.5) is 4.39 Å². The van der Waals surface area contributed by atoms with Gasteiger partial charge < -0.3 is 9.30 Å². The highest BCUT2D eigenvalue weighted by molar-refractivity contribution is 7.89. The zero-order valence-electron chi connectivity index (χ0n) is 17.8. The van der Waals surface area contributed by atoms with E-state index in [0.717, 1.165) is 11.6 Å². The number of para-hydroxylation sites is 1. The van der Waals surface area contributed by atoms with Gasteiger partial charge in [-0.3, -0.25) is 4.90 Å². The second kappa shape index (κ2) is 9.10. The van der Waals surface area contributed by atoms with Crippen molar-refractivity contribution in [3.05, 3.63) is 59.1 Å². The van der Waals surface area contributed by atoms with Crippen LogP contribution >= 0.6 is 12.2 Å². The van der Waals surface area contributed by atoms with Crippen molar-refractivity contribution in [3.8, 4) is 17.1 Å². The maximum Gasteiger partial charge on any atom is 0.243 e. The molecule has 4 rings (SSSR count). The van der Waals surface area contributed by atoms with Gasteiger partial charge in [0.2, 0.25) is 10.0 Å². The first kappa shape index (κ1) is 22.6. The van der Waals surface area contributed by atoms with Gasteiger partial charge in [0.25, 0.3) is 0 Å². The highest BCUT2D eigenvalue weighted by Gasteiger charge is 2.29. The van der Waals surface area contributed by atoms with E-state index in [2.05, 4.69) is 10.00 Å². The number of piperazine rings is 1. The minimum Gasteiger partial charge on any atom is -0.496 e. The van der Waals surface area contributed by atoms with Gasteiger partial charge in [-0.25, -0.2) is 17.5 Å². The number of hydrogen-bond donors (Lipinski definition) is 0. The Morgan fingerprint density at radius 3 is 2.50 bits per heavy atom. The van der Waals surface area contributed by atoms with Crippen LogP contribution in [0.15, 0.2) is 53.4 Å². The van der Waals surface area contributed by atoms with Crippen LogP contribution in [0.2, 0.25) is 0 Å². The Morgan fingerprint density at radius 1 is 1.09 bits per heavy atom. The van der Waals surface area contributed by atoms with Crippen LogP contribution in [-0.4, -0.2) is 65.3 Å². The van der Waals surface area contributed by atoms with Gasteiger partial charge in [-0.15, -0.1) is 0 Å². The molecule has 1 fully saturated rings. The van der Waals surface area contributed by atoms with Crippen molar-refractivity contribution in [3.63, 3.8) is 0 Å². The smallest absolute Gasteiger partial charge is 0.243 e. The van der Waals surface area contributed by atoms with E-state index >= 15 is 0 Å². The van der Waals surface area contributed by atoms with E-state index in [4.69, 9.17) is 17.0 Å². The normalized spacial score (nSPS) is 15.7. The molecule has 1 aromatic heterocycles. The van der Waals surface area contributed by atoms with Crippen molar-refractivity contribution in [1.29, 1.82) is 0 Å². The standard InChI is InChI=1S/C21H24FN5O3S2/c1-24-20(18-8-3-4-9-19(18)30-2)23-27(21(24)31)15-25-10-12-26(13-11-25)32(28,29)17-7-5-6-16(22)14-17/h3-9,14H,10-13,15H2,1-2H3. The monoisotopic (exact) mass is 477 g/mol. The largest absolute Gasteiger partial charge is 0.496 e. The van der Waals surface area contributed by atoms with Crippen LogP contribution in [0.3, 0.4) is 0 Å². The van der Waals surface area contributed by atoms with E-state index in [-0.39, 0.29) is 4.90 Å². The summed E-state index contributed by atoms with van der Waals surface area (Å²) < 4.78 is 50.1. The first-order valence-electron chi connectivity index (χ1n) is 10.1. The highest BCUT2D eigenvalue weighted by Crippen LogP contribution is 2.28. The molecule has 0 unspecified atom stereocenters. The van der Waals surface area contributed by atoms with Crippen molar-refractivity contribution in [1.82, 2.24) is 23.6 Å². The lowest BCUT2D eigenvalue weighted by Crippen LogP contribution is -2.48. The van der Waals surface area contributed by atoms with E-state index in [0.29, 0.717) is 49.2 Å². The Hall–Kier alpha value is -2.60. The second-order valence-corrected chi connectivity index (χ2v) is 9.79. The first-order valence-corrected chi connectivity index (χ1v) is 11.9. The Morgan fingerprint density at radius 2 is 1.81 bits per heavy atom. The molecular weight excluding hydrogens is 453 g/mol. The second-order valence-electron chi connectivity index (χ2n) is 7.49. The summed E-state index contributed by atoms with van der Waals surface area (Å²) in [5.41, 5.74) is 0.841. The Bertz CT molecular complexity index is 1280. The summed E-state index contributed by atoms with van der Waals surface area (Å²) in [7, 11) is -0.259. The SMILES string of the molecule is COc1ccccc1-c1nn(CN2CCN(S(=O)(=O)c3cccc(F)c3)CC2)c(=S)n1C. The number of ether oxygens (including phenoxy) is 1. The van der Waals surface area contributed by atoms with Gasteiger partial charge in [-0.2, -0.15) is 9.40 Å². The number of halogens is 1. The minimum atomic E-state index is -3.73. The summed E-state index contributed by atoms with van der Waals surface area (Å²) >= 11 is 5.57. The summed E-state index contributed by atoms with van der Waals surface area (Å²) in [6.07, 6.45) is 0. The zero-order valence-corrected chi connectivity index (χ0v) is 19.4. The van der Waals surface area contributed by atoms with Gasteiger partial charge in [-0.05, 0) is 42.5 Å². The lowest BCUT2D eigenvalue weighted by Gasteiger charge is -2.33. The maximum absolute atomic E-state index is 13.5. The number of benzene rings is 2. The predicted octanol–water partition coefficient (Wildman–Crippen LogP) is 2.73. The predicted molar refractivity (Wildman–Crippen MR) is 121 cm³/mol. The van der Waals surface area contributed by atoms with Crippen molar-refractivity contribution < 1.29 is 17.5 Å². The van der Waals surface area contributed by atoms with E-state index in [9.17, 15) is 12.8 Å². The lowest BCUT2D eigenvalue weighted by atomic mass is 10.2. The molecule has 0 radical (unpaired) electrons. The summed E-state index contributed by atoms with van der Waals surface area (Å²) in [6.45, 7) is 2.07.